The van der Waals surface area contributed by atoms with E-state index < -0.39 is 17.0 Å². The summed E-state index contributed by atoms with van der Waals surface area (Å²) in [4.78, 5) is 0. The maximum Gasteiger partial charge on any atom is 0.398 e. The van der Waals surface area contributed by atoms with E-state index in [0.717, 1.165) is 0 Å². The van der Waals surface area contributed by atoms with Crippen LogP contribution in [0.5, 0.6) is 0 Å². The van der Waals surface area contributed by atoms with Gasteiger partial charge in [0.1, 0.15) is 0 Å². The lowest BCUT2D eigenvalue weighted by Crippen LogP contribution is -2.49. The molecule has 0 saturated heterocycles. The Bertz CT molecular complexity index is 330. The summed E-state index contributed by atoms with van der Waals surface area (Å²) in [6.45, 7) is 6.12. The van der Waals surface area contributed by atoms with Crippen LogP contribution in [0.4, 0.5) is 13.2 Å². The first-order valence-corrected chi connectivity index (χ1v) is 5.23. The van der Waals surface area contributed by atoms with Crippen molar-refractivity contribution in [3.05, 3.63) is 35.9 Å². The smallest absolute Gasteiger partial charge is 0.170 e. The van der Waals surface area contributed by atoms with Crippen LogP contribution in [0.15, 0.2) is 30.3 Å². The molecule has 1 aromatic rings. The first-order valence-electron chi connectivity index (χ1n) is 5.23. The molecule has 0 aliphatic rings. The molecule has 1 aromatic carbocycles. The zero-order chi connectivity index (χ0) is 12.6. The predicted molar refractivity (Wildman–Crippen MR) is 59.3 cm³/mol. The fourth-order valence-corrected chi connectivity index (χ4v) is 1.79. The Morgan fingerprint density at radius 3 is 1.56 bits per heavy atom. The third kappa shape index (κ3) is 1.95. The van der Waals surface area contributed by atoms with E-state index >= 15 is 0 Å². The van der Waals surface area contributed by atoms with Crippen LogP contribution in [0.25, 0.3) is 0 Å². The van der Waals surface area contributed by atoms with E-state index in [1.165, 1.54) is 6.92 Å². The summed E-state index contributed by atoms with van der Waals surface area (Å²) in [7, 11) is 0. The molecule has 0 radical (unpaired) electrons. The number of alkyl halides is 3. The molecule has 1 atom stereocenters. The SMILES string of the molecule is CC(C)(C)C(C)(c1ccccc1)C(F)(F)F. The van der Waals surface area contributed by atoms with Crippen molar-refractivity contribution in [2.24, 2.45) is 5.41 Å². The van der Waals surface area contributed by atoms with Gasteiger partial charge in [0.25, 0.3) is 0 Å². The summed E-state index contributed by atoms with van der Waals surface area (Å²) >= 11 is 0. The van der Waals surface area contributed by atoms with Gasteiger partial charge in [-0.1, -0.05) is 51.1 Å². The molecule has 16 heavy (non-hydrogen) atoms. The Hall–Kier alpha value is -0.990. The zero-order valence-electron chi connectivity index (χ0n) is 10.0. The van der Waals surface area contributed by atoms with Gasteiger partial charge >= 0.3 is 6.18 Å². The van der Waals surface area contributed by atoms with Gasteiger partial charge in [-0.05, 0) is 17.9 Å². The van der Waals surface area contributed by atoms with E-state index in [-0.39, 0.29) is 0 Å². The molecule has 1 unspecified atom stereocenters. The Kier molecular flexibility index (Phi) is 3.10. The maximum atomic E-state index is 13.3. The summed E-state index contributed by atoms with van der Waals surface area (Å²) in [6, 6.07) is 8.09. The molecule has 90 valence electrons. The van der Waals surface area contributed by atoms with Crippen molar-refractivity contribution in [3.8, 4) is 0 Å². The van der Waals surface area contributed by atoms with Gasteiger partial charge in [0.05, 0.1) is 5.41 Å². The van der Waals surface area contributed by atoms with Crippen LogP contribution in [0.3, 0.4) is 0 Å². The van der Waals surface area contributed by atoms with Gasteiger partial charge in [0.15, 0.2) is 0 Å². The average Bonchev–Trinajstić information content (AvgIpc) is 2.14. The van der Waals surface area contributed by atoms with E-state index in [2.05, 4.69) is 0 Å². The second-order valence-electron chi connectivity index (χ2n) is 5.24. The minimum absolute atomic E-state index is 0.315. The molecule has 0 aliphatic heterocycles. The quantitative estimate of drug-likeness (QED) is 0.663. The molecule has 0 saturated carbocycles. The summed E-state index contributed by atoms with van der Waals surface area (Å²) in [5.41, 5.74) is -2.40. The highest BCUT2D eigenvalue weighted by Crippen LogP contribution is 2.52. The Balaban J connectivity index is 3.39. The van der Waals surface area contributed by atoms with E-state index in [9.17, 15) is 13.2 Å². The van der Waals surface area contributed by atoms with E-state index in [0.29, 0.717) is 5.56 Å². The van der Waals surface area contributed by atoms with Gasteiger partial charge in [0.2, 0.25) is 0 Å². The number of hydrogen-bond donors (Lipinski definition) is 0. The lowest BCUT2D eigenvalue weighted by atomic mass is 9.63. The number of benzene rings is 1. The lowest BCUT2D eigenvalue weighted by Gasteiger charge is -2.43. The molecule has 0 heterocycles. The van der Waals surface area contributed by atoms with Gasteiger partial charge in [0, 0.05) is 0 Å². The summed E-state index contributed by atoms with van der Waals surface area (Å²) < 4.78 is 39.9. The van der Waals surface area contributed by atoms with Gasteiger partial charge in [-0.2, -0.15) is 13.2 Å². The van der Waals surface area contributed by atoms with Crippen LogP contribution in [0, 0.1) is 5.41 Å². The van der Waals surface area contributed by atoms with Crippen molar-refractivity contribution in [3.63, 3.8) is 0 Å². The molecule has 1 rings (SSSR count). The van der Waals surface area contributed by atoms with Crippen LogP contribution in [-0.4, -0.2) is 6.18 Å². The van der Waals surface area contributed by atoms with Crippen molar-refractivity contribution in [1.29, 1.82) is 0 Å². The monoisotopic (exact) mass is 230 g/mol. The zero-order valence-corrected chi connectivity index (χ0v) is 10.0. The van der Waals surface area contributed by atoms with Crippen LogP contribution >= 0.6 is 0 Å². The number of halogens is 3. The molecule has 0 aromatic heterocycles. The molecule has 0 aliphatic carbocycles. The molecular formula is C13H17F3. The first-order chi connectivity index (χ1) is 7.11. The molecular weight excluding hydrogens is 213 g/mol. The Morgan fingerprint density at radius 2 is 1.25 bits per heavy atom. The van der Waals surface area contributed by atoms with Crippen molar-refractivity contribution < 1.29 is 13.2 Å². The van der Waals surface area contributed by atoms with Gasteiger partial charge in [-0.15, -0.1) is 0 Å². The highest BCUT2D eigenvalue weighted by atomic mass is 19.4. The average molecular weight is 230 g/mol. The molecule has 3 heteroatoms. The van der Waals surface area contributed by atoms with Crippen molar-refractivity contribution in [1.82, 2.24) is 0 Å². The van der Waals surface area contributed by atoms with Crippen LogP contribution in [-0.2, 0) is 5.41 Å². The normalized spacial score (nSPS) is 16.9. The first kappa shape index (κ1) is 13.1. The third-order valence-electron chi connectivity index (χ3n) is 3.42. The van der Waals surface area contributed by atoms with Crippen molar-refractivity contribution in [2.45, 2.75) is 39.3 Å². The number of rotatable bonds is 1. The molecule has 0 N–H and O–H groups in total. The van der Waals surface area contributed by atoms with E-state index in [1.807, 2.05) is 0 Å². The maximum absolute atomic E-state index is 13.3. The fourth-order valence-electron chi connectivity index (χ4n) is 1.79. The van der Waals surface area contributed by atoms with E-state index in [1.54, 1.807) is 51.1 Å². The summed E-state index contributed by atoms with van der Waals surface area (Å²) in [5.74, 6) is 0. The molecule has 0 fully saturated rings. The summed E-state index contributed by atoms with van der Waals surface area (Å²) in [5, 5.41) is 0. The standard InChI is InChI=1S/C13H17F3/c1-11(2,3)12(4,13(14,15)16)10-8-6-5-7-9-10/h5-9H,1-4H3. The number of hydrogen-bond acceptors (Lipinski definition) is 0. The highest BCUT2D eigenvalue weighted by molar-refractivity contribution is 5.29. The van der Waals surface area contributed by atoms with Crippen LogP contribution in [0.1, 0.15) is 33.3 Å². The van der Waals surface area contributed by atoms with Crippen LogP contribution < -0.4 is 0 Å². The van der Waals surface area contributed by atoms with Gasteiger partial charge < -0.3 is 0 Å². The Labute approximate surface area is 94.5 Å². The second-order valence-corrected chi connectivity index (χ2v) is 5.24. The van der Waals surface area contributed by atoms with Gasteiger partial charge in [-0.25, -0.2) is 0 Å². The van der Waals surface area contributed by atoms with Crippen molar-refractivity contribution in [2.75, 3.05) is 0 Å². The Morgan fingerprint density at radius 1 is 0.812 bits per heavy atom. The minimum atomic E-state index is -4.26. The van der Waals surface area contributed by atoms with Crippen LogP contribution in [0.2, 0.25) is 0 Å². The minimum Gasteiger partial charge on any atom is -0.170 e. The predicted octanol–water partition coefficient (Wildman–Crippen LogP) is 4.55. The molecule has 0 spiro atoms. The van der Waals surface area contributed by atoms with Gasteiger partial charge in [-0.3, -0.25) is 0 Å². The summed E-state index contributed by atoms with van der Waals surface area (Å²) in [6.07, 6.45) is -4.26. The third-order valence-corrected chi connectivity index (χ3v) is 3.42. The molecule has 0 amide bonds. The fraction of sp³-hybridized carbons (Fsp3) is 0.538. The molecule has 0 nitrogen and oxygen atoms in total. The molecule has 0 bridgehead atoms. The lowest BCUT2D eigenvalue weighted by molar-refractivity contribution is -0.213. The van der Waals surface area contributed by atoms with Crippen molar-refractivity contribution >= 4 is 0 Å². The second kappa shape index (κ2) is 3.79. The highest BCUT2D eigenvalue weighted by Gasteiger charge is 2.58. The topological polar surface area (TPSA) is 0 Å². The largest absolute Gasteiger partial charge is 0.398 e. The van der Waals surface area contributed by atoms with E-state index in [4.69, 9.17) is 0 Å².